The molecule has 2 N–H and O–H groups in total. The largest absolute Gasteiger partial charge is 0.393 e. The molecule has 3 nitrogen and oxygen atoms in total. The van der Waals surface area contributed by atoms with Gasteiger partial charge in [-0.3, -0.25) is 0 Å². The molecule has 1 aliphatic heterocycles. The summed E-state index contributed by atoms with van der Waals surface area (Å²) >= 11 is 0. The lowest BCUT2D eigenvalue weighted by atomic mass is 9.49. The summed E-state index contributed by atoms with van der Waals surface area (Å²) in [5, 5.41) is 21.9. The third kappa shape index (κ3) is 2.83. The van der Waals surface area contributed by atoms with Crippen LogP contribution < -0.4 is 0 Å². The first-order valence-electron chi connectivity index (χ1n) is 13.9. The van der Waals surface area contributed by atoms with E-state index in [1.54, 1.807) is 0 Å². The lowest BCUT2D eigenvalue weighted by molar-refractivity contribution is -0.00164. The predicted molar refractivity (Wildman–Crippen MR) is 127 cm³/mol. The van der Waals surface area contributed by atoms with Gasteiger partial charge in [-0.2, -0.15) is 0 Å². The molecule has 3 saturated carbocycles. The van der Waals surface area contributed by atoms with Gasteiger partial charge >= 0.3 is 0 Å². The second kappa shape index (κ2) is 7.08. The normalized spacial score (nSPS) is 55.4. The van der Waals surface area contributed by atoms with Crippen molar-refractivity contribution in [1.82, 2.24) is 0 Å². The molecule has 1 spiro atoms. The van der Waals surface area contributed by atoms with Crippen LogP contribution in [-0.4, -0.2) is 34.1 Å². The van der Waals surface area contributed by atoms with Crippen LogP contribution in [0.15, 0.2) is 11.1 Å². The number of hydrogen-bond acceptors (Lipinski definition) is 3. The van der Waals surface area contributed by atoms with E-state index in [4.69, 9.17) is 4.74 Å². The second-order valence-corrected chi connectivity index (χ2v) is 13.7. The molecule has 12 atom stereocenters. The van der Waals surface area contributed by atoms with Gasteiger partial charge in [0.1, 0.15) is 17.8 Å². The Kier molecular flexibility index (Phi) is 4.89. The fourth-order valence-corrected chi connectivity index (χ4v) is 9.92. The van der Waals surface area contributed by atoms with E-state index in [0.29, 0.717) is 17.8 Å². The minimum Gasteiger partial charge on any atom is -0.393 e. The number of rotatable bonds is 5. The first-order chi connectivity index (χ1) is 15.1. The first-order valence-corrected chi connectivity index (χ1v) is 13.9. The fraction of sp³-hybridized carbons (Fsp3) is 0.931. The van der Waals surface area contributed by atoms with E-state index in [1.165, 1.54) is 49.7 Å². The van der Waals surface area contributed by atoms with Crippen LogP contribution in [0.4, 0.5) is 0 Å². The molecule has 1 saturated heterocycles. The smallest absolute Gasteiger partial charge is 0.118 e. The van der Waals surface area contributed by atoms with Gasteiger partial charge in [-0.25, -0.2) is 0 Å². The number of hydrogen-bond donors (Lipinski definition) is 2. The van der Waals surface area contributed by atoms with Gasteiger partial charge in [0.25, 0.3) is 0 Å². The Bertz CT molecular complexity index is 819. The molecule has 0 radical (unpaired) electrons. The molecule has 5 aliphatic carbocycles. The topological polar surface area (TPSA) is 53.0 Å². The molecule has 1 heterocycles. The van der Waals surface area contributed by atoms with E-state index in [0.717, 1.165) is 48.9 Å². The zero-order valence-corrected chi connectivity index (χ0v) is 21.1. The molecule has 0 aromatic heterocycles. The van der Waals surface area contributed by atoms with Crippen LogP contribution in [0.3, 0.4) is 0 Å². The summed E-state index contributed by atoms with van der Waals surface area (Å²) in [5.74, 6) is 4.93. The highest BCUT2D eigenvalue weighted by Crippen LogP contribution is 2.72. The zero-order valence-electron chi connectivity index (χ0n) is 21.1. The zero-order chi connectivity index (χ0) is 22.6. The molecule has 6 aliphatic rings. The van der Waals surface area contributed by atoms with Gasteiger partial charge in [0.2, 0.25) is 0 Å². The highest BCUT2D eigenvalue weighted by molar-refractivity contribution is 5.45. The summed E-state index contributed by atoms with van der Waals surface area (Å²) in [6, 6.07) is 0. The number of ether oxygens (including phenoxy) is 1. The van der Waals surface area contributed by atoms with E-state index in [-0.39, 0.29) is 23.2 Å². The SMILES string of the molecule is C[C@H](CC[C@@H](C)[C@H]1CC[C@H]2C3=C(CC[C@]12C)[C@@]1(C)CC[C@H](O)C[C@@]12O[C@H]2[C@H]3O)[C@@H]1C[C@H]1C. The monoisotopic (exact) mass is 442 g/mol. The van der Waals surface area contributed by atoms with E-state index in [9.17, 15) is 10.2 Å². The van der Waals surface area contributed by atoms with Gasteiger partial charge in [-0.1, -0.05) is 53.0 Å². The van der Waals surface area contributed by atoms with Crippen LogP contribution in [0.1, 0.15) is 98.8 Å². The molecular formula is C29H46O3. The fourth-order valence-electron chi connectivity index (χ4n) is 9.92. The second-order valence-electron chi connectivity index (χ2n) is 13.7. The summed E-state index contributed by atoms with van der Waals surface area (Å²) < 4.78 is 6.35. The van der Waals surface area contributed by atoms with Crippen molar-refractivity contribution >= 4 is 0 Å². The Morgan fingerprint density at radius 1 is 1.03 bits per heavy atom. The summed E-state index contributed by atoms with van der Waals surface area (Å²) in [7, 11) is 0. The summed E-state index contributed by atoms with van der Waals surface area (Å²) in [6.45, 7) is 12.4. The summed E-state index contributed by atoms with van der Waals surface area (Å²) in [4.78, 5) is 0. The molecule has 0 aromatic rings. The van der Waals surface area contributed by atoms with Gasteiger partial charge in [0, 0.05) is 11.8 Å². The Hall–Kier alpha value is -0.380. The summed E-state index contributed by atoms with van der Waals surface area (Å²) in [6.07, 6.45) is 11.0. The van der Waals surface area contributed by atoms with Crippen molar-refractivity contribution in [2.45, 2.75) is 123 Å². The van der Waals surface area contributed by atoms with Crippen LogP contribution >= 0.6 is 0 Å². The number of fused-ring (bicyclic) bond motifs is 3. The quantitative estimate of drug-likeness (QED) is 0.413. The standard InChI is InChI=1S/C29H46O3/c1-16(20-14-18(20)3)6-7-17(2)21-8-9-22-24-23(11-12-27(21,22)4)28(5)13-10-19(30)15-29(28)26(32-29)25(24)31/h16-22,25-26,30-31H,6-15H2,1-5H3/t16-,17-,18-,19+,20+,21-,22+,25+,26+,27-,28-,29+/m1/s1. The third-order valence-electron chi connectivity index (χ3n) is 12.2. The molecule has 0 unspecified atom stereocenters. The minimum absolute atomic E-state index is 0.0207. The molecule has 4 fully saturated rings. The Morgan fingerprint density at radius 3 is 2.47 bits per heavy atom. The molecule has 6 rings (SSSR count). The van der Waals surface area contributed by atoms with E-state index >= 15 is 0 Å². The molecular weight excluding hydrogens is 396 g/mol. The lowest BCUT2D eigenvalue weighted by Gasteiger charge is -2.54. The Labute approximate surface area is 195 Å². The average Bonchev–Trinajstić information content (AvgIpc) is 3.63. The van der Waals surface area contributed by atoms with Crippen molar-refractivity contribution in [3.05, 3.63) is 11.1 Å². The average molecular weight is 443 g/mol. The van der Waals surface area contributed by atoms with E-state index < -0.39 is 6.10 Å². The maximum atomic E-state index is 11.5. The number of aliphatic hydroxyl groups excluding tert-OH is 2. The highest BCUT2D eigenvalue weighted by atomic mass is 16.6. The Morgan fingerprint density at radius 2 is 1.75 bits per heavy atom. The molecule has 180 valence electrons. The maximum Gasteiger partial charge on any atom is 0.118 e. The van der Waals surface area contributed by atoms with Gasteiger partial charge < -0.3 is 14.9 Å². The van der Waals surface area contributed by atoms with Crippen LogP contribution in [0.25, 0.3) is 0 Å². The van der Waals surface area contributed by atoms with Crippen molar-refractivity contribution in [3.8, 4) is 0 Å². The van der Waals surface area contributed by atoms with Gasteiger partial charge in [-0.15, -0.1) is 0 Å². The third-order valence-corrected chi connectivity index (χ3v) is 12.2. The number of epoxide rings is 1. The molecule has 0 bridgehead atoms. The molecule has 32 heavy (non-hydrogen) atoms. The minimum atomic E-state index is -0.446. The first kappa shape index (κ1) is 22.1. The Balaban J connectivity index is 1.24. The van der Waals surface area contributed by atoms with Crippen LogP contribution in [0.2, 0.25) is 0 Å². The van der Waals surface area contributed by atoms with Gasteiger partial charge in [0.15, 0.2) is 0 Å². The van der Waals surface area contributed by atoms with Crippen LogP contribution in [0.5, 0.6) is 0 Å². The summed E-state index contributed by atoms with van der Waals surface area (Å²) in [5.41, 5.74) is 2.99. The van der Waals surface area contributed by atoms with Gasteiger partial charge in [0.05, 0.1) is 6.10 Å². The van der Waals surface area contributed by atoms with Crippen molar-refractivity contribution in [3.63, 3.8) is 0 Å². The van der Waals surface area contributed by atoms with Crippen molar-refractivity contribution in [2.75, 3.05) is 0 Å². The van der Waals surface area contributed by atoms with E-state index in [2.05, 4.69) is 34.6 Å². The highest BCUT2D eigenvalue weighted by Gasteiger charge is 2.76. The molecule has 3 heteroatoms. The van der Waals surface area contributed by atoms with Crippen molar-refractivity contribution in [1.29, 1.82) is 0 Å². The van der Waals surface area contributed by atoms with E-state index in [1.807, 2.05) is 0 Å². The number of aliphatic hydroxyl groups is 2. The predicted octanol–water partition coefficient (Wildman–Crippen LogP) is 5.88. The van der Waals surface area contributed by atoms with Crippen LogP contribution in [0, 0.1) is 46.3 Å². The van der Waals surface area contributed by atoms with Crippen molar-refractivity contribution < 1.29 is 14.9 Å². The van der Waals surface area contributed by atoms with Crippen molar-refractivity contribution in [2.24, 2.45) is 46.3 Å². The molecule has 0 amide bonds. The van der Waals surface area contributed by atoms with Crippen LogP contribution in [-0.2, 0) is 4.74 Å². The maximum absolute atomic E-state index is 11.5. The lowest BCUT2D eigenvalue weighted by Crippen LogP contribution is -2.55. The molecule has 0 aromatic carbocycles. The van der Waals surface area contributed by atoms with Gasteiger partial charge in [-0.05, 0) is 91.4 Å².